The van der Waals surface area contributed by atoms with E-state index in [0.29, 0.717) is 0 Å². The Labute approximate surface area is 143 Å². The molecule has 0 radical (unpaired) electrons. The van der Waals surface area contributed by atoms with Crippen molar-refractivity contribution in [2.24, 2.45) is 5.92 Å². The standard InChI is InChI=1S/C17H27N5O2/c1-13(2)20-16(23)14-3-5-21(6-4-14)15-11-18-17(19-12-15)22-7-9-24-10-8-22/h11-14H,3-10H2,1-2H3,(H,20,23). The van der Waals surface area contributed by atoms with Gasteiger partial charge in [-0.2, -0.15) is 0 Å². The quantitative estimate of drug-likeness (QED) is 0.888. The molecule has 0 unspecified atom stereocenters. The summed E-state index contributed by atoms with van der Waals surface area (Å²) >= 11 is 0. The van der Waals surface area contributed by atoms with Crippen LogP contribution in [0.15, 0.2) is 12.4 Å². The Balaban J connectivity index is 1.53. The summed E-state index contributed by atoms with van der Waals surface area (Å²) in [5, 5.41) is 3.01. The second kappa shape index (κ2) is 7.79. The van der Waals surface area contributed by atoms with E-state index in [1.54, 1.807) is 0 Å². The van der Waals surface area contributed by atoms with Gasteiger partial charge in [0.1, 0.15) is 0 Å². The molecule has 0 saturated carbocycles. The molecule has 0 atom stereocenters. The Morgan fingerprint density at radius 1 is 1.12 bits per heavy atom. The van der Waals surface area contributed by atoms with Gasteiger partial charge < -0.3 is 19.9 Å². The summed E-state index contributed by atoms with van der Waals surface area (Å²) in [5.74, 6) is 1.08. The van der Waals surface area contributed by atoms with Gasteiger partial charge in [-0.3, -0.25) is 4.79 Å². The fourth-order valence-electron chi connectivity index (χ4n) is 3.21. The molecule has 1 aromatic heterocycles. The van der Waals surface area contributed by atoms with Gasteiger partial charge in [0.05, 0.1) is 31.3 Å². The highest BCUT2D eigenvalue weighted by atomic mass is 16.5. The first kappa shape index (κ1) is 17.0. The smallest absolute Gasteiger partial charge is 0.225 e. The van der Waals surface area contributed by atoms with Crippen LogP contribution in [-0.2, 0) is 9.53 Å². The first-order valence-electron chi connectivity index (χ1n) is 8.83. The number of nitrogens with zero attached hydrogens (tertiary/aromatic N) is 4. The van der Waals surface area contributed by atoms with Crippen molar-refractivity contribution >= 4 is 17.5 Å². The highest BCUT2D eigenvalue weighted by Crippen LogP contribution is 2.23. The zero-order valence-electron chi connectivity index (χ0n) is 14.6. The molecule has 7 nitrogen and oxygen atoms in total. The molecule has 1 aromatic rings. The number of rotatable bonds is 4. The van der Waals surface area contributed by atoms with Gasteiger partial charge in [-0.1, -0.05) is 0 Å². The number of morpholine rings is 1. The third-order valence-electron chi connectivity index (χ3n) is 4.58. The van der Waals surface area contributed by atoms with Gasteiger partial charge in [-0.05, 0) is 26.7 Å². The lowest BCUT2D eigenvalue weighted by Gasteiger charge is -2.33. The van der Waals surface area contributed by atoms with Gasteiger partial charge in [0.15, 0.2) is 0 Å². The summed E-state index contributed by atoms with van der Waals surface area (Å²) in [5.41, 5.74) is 1.04. The largest absolute Gasteiger partial charge is 0.378 e. The third kappa shape index (κ3) is 4.14. The van der Waals surface area contributed by atoms with E-state index < -0.39 is 0 Å². The van der Waals surface area contributed by atoms with Gasteiger partial charge in [-0.25, -0.2) is 9.97 Å². The minimum atomic E-state index is 0.122. The summed E-state index contributed by atoms with van der Waals surface area (Å²) in [6, 6.07) is 0.205. The Kier molecular flexibility index (Phi) is 5.50. The Bertz CT molecular complexity index is 534. The summed E-state index contributed by atoms with van der Waals surface area (Å²) < 4.78 is 5.36. The van der Waals surface area contributed by atoms with Crippen molar-refractivity contribution in [1.29, 1.82) is 0 Å². The average Bonchev–Trinajstić information content (AvgIpc) is 2.62. The highest BCUT2D eigenvalue weighted by Gasteiger charge is 2.25. The molecule has 0 aromatic carbocycles. The van der Waals surface area contributed by atoms with E-state index in [2.05, 4.69) is 25.1 Å². The van der Waals surface area contributed by atoms with Crippen LogP contribution in [0.1, 0.15) is 26.7 Å². The summed E-state index contributed by atoms with van der Waals surface area (Å²) in [7, 11) is 0. The summed E-state index contributed by atoms with van der Waals surface area (Å²) in [6.07, 6.45) is 5.55. The number of hydrogen-bond donors (Lipinski definition) is 1. The number of amides is 1. The van der Waals surface area contributed by atoms with Crippen LogP contribution in [0.5, 0.6) is 0 Å². The van der Waals surface area contributed by atoms with E-state index in [-0.39, 0.29) is 17.9 Å². The first-order valence-corrected chi connectivity index (χ1v) is 8.83. The molecule has 2 aliphatic rings. The second-order valence-electron chi connectivity index (χ2n) is 6.77. The summed E-state index contributed by atoms with van der Waals surface area (Å²) in [4.78, 5) is 25.5. The third-order valence-corrected chi connectivity index (χ3v) is 4.58. The number of anilines is 2. The molecule has 0 spiro atoms. The van der Waals surface area contributed by atoms with E-state index >= 15 is 0 Å². The second-order valence-corrected chi connectivity index (χ2v) is 6.77. The monoisotopic (exact) mass is 333 g/mol. The first-order chi connectivity index (χ1) is 11.6. The molecule has 1 amide bonds. The van der Waals surface area contributed by atoms with E-state index in [9.17, 15) is 4.79 Å². The van der Waals surface area contributed by atoms with Crippen LogP contribution in [0.4, 0.5) is 11.6 Å². The zero-order valence-corrected chi connectivity index (χ0v) is 14.6. The number of piperidine rings is 1. The zero-order chi connectivity index (χ0) is 16.9. The summed E-state index contributed by atoms with van der Waals surface area (Å²) in [6.45, 7) is 8.90. The van der Waals surface area contributed by atoms with Crippen molar-refractivity contribution in [1.82, 2.24) is 15.3 Å². The molecule has 132 valence electrons. The lowest BCUT2D eigenvalue weighted by atomic mass is 9.95. The van der Waals surface area contributed by atoms with Gasteiger partial charge in [0, 0.05) is 38.1 Å². The number of carbonyl (C=O) groups excluding carboxylic acids is 1. The maximum Gasteiger partial charge on any atom is 0.225 e. The fraction of sp³-hybridized carbons (Fsp3) is 0.706. The van der Waals surface area contributed by atoms with Gasteiger partial charge >= 0.3 is 0 Å². The van der Waals surface area contributed by atoms with Crippen molar-refractivity contribution in [3.8, 4) is 0 Å². The van der Waals surface area contributed by atoms with Crippen LogP contribution >= 0.6 is 0 Å². The van der Waals surface area contributed by atoms with Crippen LogP contribution in [0.2, 0.25) is 0 Å². The van der Waals surface area contributed by atoms with Crippen LogP contribution in [-0.4, -0.2) is 61.3 Å². The fourth-order valence-corrected chi connectivity index (χ4v) is 3.21. The van der Waals surface area contributed by atoms with E-state index in [1.807, 2.05) is 26.2 Å². The highest BCUT2D eigenvalue weighted by molar-refractivity contribution is 5.79. The maximum absolute atomic E-state index is 12.1. The minimum absolute atomic E-state index is 0.122. The molecule has 7 heteroatoms. The molecule has 2 fully saturated rings. The molecular weight excluding hydrogens is 306 g/mol. The number of aromatic nitrogens is 2. The average molecular weight is 333 g/mol. The van der Waals surface area contributed by atoms with Crippen molar-refractivity contribution in [3.05, 3.63) is 12.4 Å². The van der Waals surface area contributed by atoms with Crippen molar-refractivity contribution in [2.75, 3.05) is 49.2 Å². The molecule has 3 rings (SSSR count). The van der Waals surface area contributed by atoms with Crippen LogP contribution in [0, 0.1) is 5.92 Å². The van der Waals surface area contributed by atoms with E-state index in [0.717, 1.165) is 63.9 Å². The van der Waals surface area contributed by atoms with Gasteiger partial charge in [0.25, 0.3) is 0 Å². The number of hydrogen-bond acceptors (Lipinski definition) is 6. The van der Waals surface area contributed by atoms with E-state index in [4.69, 9.17) is 4.74 Å². The molecule has 2 aliphatic heterocycles. The van der Waals surface area contributed by atoms with Crippen molar-refractivity contribution in [2.45, 2.75) is 32.7 Å². The topological polar surface area (TPSA) is 70.6 Å². The normalized spacial score (nSPS) is 19.6. The molecule has 3 heterocycles. The van der Waals surface area contributed by atoms with Gasteiger partial charge in [0.2, 0.25) is 11.9 Å². The predicted molar refractivity (Wildman–Crippen MR) is 93.3 cm³/mol. The molecule has 24 heavy (non-hydrogen) atoms. The van der Waals surface area contributed by atoms with Crippen LogP contribution < -0.4 is 15.1 Å². The Hall–Kier alpha value is -1.89. The number of carbonyl (C=O) groups is 1. The Morgan fingerprint density at radius 3 is 2.33 bits per heavy atom. The maximum atomic E-state index is 12.1. The molecule has 1 N–H and O–H groups in total. The SMILES string of the molecule is CC(C)NC(=O)C1CCN(c2cnc(N3CCOCC3)nc2)CC1. The number of nitrogens with one attached hydrogen (secondary N) is 1. The van der Waals surface area contributed by atoms with Crippen LogP contribution in [0.25, 0.3) is 0 Å². The molecule has 2 saturated heterocycles. The molecular formula is C17H27N5O2. The molecule has 0 aliphatic carbocycles. The lowest BCUT2D eigenvalue weighted by Crippen LogP contribution is -2.42. The van der Waals surface area contributed by atoms with Gasteiger partial charge in [-0.15, -0.1) is 0 Å². The van der Waals surface area contributed by atoms with Crippen LogP contribution in [0.3, 0.4) is 0 Å². The van der Waals surface area contributed by atoms with E-state index in [1.165, 1.54) is 0 Å². The van der Waals surface area contributed by atoms with Crippen molar-refractivity contribution in [3.63, 3.8) is 0 Å². The lowest BCUT2D eigenvalue weighted by molar-refractivity contribution is -0.126. The Morgan fingerprint density at radius 2 is 1.75 bits per heavy atom. The molecule has 0 bridgehead atoms. The number of ether oxygens (including phenoxy) is 1. The van der Waals surface area contributed by atoms with Crippen molar-refractivity contribution < 1.29 is 9.53 Å². The minimum Gasteiger partial charge on any atom is -0.378 e. The predicted octanol–water partition coefficient (Wildman–Crippen LogP) is 1.05.